The zero-order valence-electron chi connectivity index (χ0n) is 18.0. The average molecular weight is 760 g/mol. The predicted octanol–water partition coefficient (Wildman–Crippen LogP) is 7.61. The predicted molar refractivity (Wildman–Crippen MR) is 128 cm³/mol. The molecule has 4 nitrogen and oxygen atoms in total. The Morgan fingerprint density at radius 3 is 1.63 bits per heavy atom. The summed E-state index contributed by atoms with van der Waals surface area (Å²) < 4.78 is 135. The van der Waals surface area contributed by atoms with Gasteiger partial charge in [-0.1, -0.05) is 0 Å². The Bertz CT molecular complexity index is 1120. The molecule has 0 aromatic heterocycles. The van der Waals surface area contributed by atoms with Gasteiger partial charge in [-0.05, 0) is 0 Å². The van der Waals surface area contributed by atoms with E-state index in [-0.39, 0.29) is 35.1 Å². The molecular formula is C20H18F8I2O4S. The molecule has 2 aromatic carbocycles. The van der Waals surface area contributed by atoms with Crippen LogP contribution in [0.4, 0.5) is 35.1 Å². The van der Waals surface area contributed by atoms with Gasteiger partial charge in [-0.2, -0.15) is 0 Å². The maximum atomic E-state index is 14.4. The van der Waals surface area contributed by atoms with E-state index in [0.717, 1.165) is 5.56 Å². The van der Waals surface area contributed by atoms with Gasteiger partial charge in [0, 0.05) is 0 Å². The molecule has 0 bridgehead atoms. The van der Waals surface area contributed by atoms with Gasteiger partial charge >= 0.3 is 219 Å². The number of halogens is 10. The number of hydrogen-bond acceptors (Lipinski definition) is 4. The van der Waals surface area contributed by atoms with E-state index >= 15 is 0 Å². The Hall–Kier alpha value is -0.790. The molecule has 0 spiro atoms. The standard InChI is InChI=1S/C20H18F8I2O4S/c1-16(2,3)13-9-11-15(12-10-13)30(14-7-5-4-6-8-14)34-35(31,32)20(27,28)19(25,26)33-18(23,24)17(21,22)29/h4-12H,1-3H3. The van der Waals surface area contributed by atoms with E-state index < -0.39 is 51.8 Å². The van der Waals surface area contributed by atoms with Crippen molar-refractivity contribution in [1.82, 2.24) is 0 Å². The second-order valence-corrected chi connectivity index (χ2v) is 15.9. The summed E-state index contributed by atoms with van der Waals surface area (Å²) in [5, 5.41) is -6.44. The molecule has 0 heterocycles. The summed E-state index contributed by atoms with van der Waals surface area (Å²) in [6.07, 6.45) is -12.7. The average Bonchev–Trinajstić information content (AvgIpc) is 2.70. The molecule has 2 aromatic rings. The second kappa shape index (κ2) is 10.2. The van der Waals surface area contributed by atoms with Crippen LogP contribution in [-0.2, 0) is 22.8 Å². The molecule has 0 fully saturated rings. The van der Waals surface area contributed by atoms with Gasteiger partial charge in [0.05, 0.1) is 0 Å². The van der Waals surface area contributed by atoms with E-state index in [1.54, 1.807) is 12.1 Å². The third-order valence-corrected chi connectivity index (χ3v) is 12.2. The zero-order chi connectivity index (χ0) is 27.1. The molecule has 0 amide bonds. The molecule has 0 saturated carbocycles. The summed E-state index contributed by atoms with van der Waals surface area (Å²) in [7, 11) is -6.69. The van der Waals surface area contributed by atoms with Gasteiger partial charge in [0.2, 0.25) is 0 Å². The fraction of sp³-hybridized carbons (Fsp3) is 0.400. The van der Waals surface area contributed by atoms with Gasteiger partial charge in [-0.3, -0.25) is 0 Å². The quantitative estimate of drug-likeness (QED) is 0.150. The third kappa shape index (κ3) is 6.75. The third-order valence-electron chi connectivity index (χ3n) is 4.22. The van der Waals surface area contributed by atoms with Gasteiger partial charge in [0.15, 0.2) is 0 Å². The van der Waals surface area contributed by atoms with Crippen LogP contribution in [0.1, 0.15) is 26.3 Å². The van der Waals surface area contributed by atoms with E-state index in [2.05, 4.69) is 7.25 Å². The minimum absolute atomic E-state index is 0.0907. The normalized spacial score (nSPS) is 14.7. The van der Waals surface area contributed by atoms with Crippen molar-refractivity contribution in [2.24, 2.45) is 0 Å². The number of hydrogen-bond donors (Lipinski definition) is 0. The first kappa shape index (κ1) is 30.4. The molecule has 0 aliphatic rings. The number of rotatable bonds is 9. The van der Waals surface area contributed by atoms with E-state index in [4.69, 9.17) is 0 Å². The first-order valence-corrected chi connectivity index (χ1v) is 14.9. The summed E-state index contributed by atoms with van der Waals surface area (Å²) in [6.45, 7) is 5.61. The molecule has 0 aliphatic heterocycles. The van der Waals surface area contributed by atoms with Crippen molar-refractivity contribution in [3.8, 4) is 0 Å². The van der Waals surface area contributed by atoms with Crippen molar-refractivity contribution in [2.75, 3.05) is 0 Å². The summed E-state index contributed by atoms with van der Waals surface area (Å²) in [5.74, 6) is 0. The van der Waals surface area contributed by atoms with Crippen LogP contribution in [0.2, 0.25) is 0 Å². The van der Waals surface area contributed by atoms with Crippen LogP contribution < -0.4 is 0 Å². The van der Waals surface area contributed by atoms with E-state index in [1.807, 2.05) is 20.8 Å². The van der Waals surface area contributed by atoms with Crippen LogP contribution in [0, 0.1) is 7.14 Å². The molecular weight excluding hydrogens is 742 g/mol. The SMILES string of the molecule is CC(C)(C)c1ccc(I(OS(=O)(=O)C(F)(F)C(F)(F)OC(F)(F)C(F)(F)I)c2ccccc2)cc1. The van der Waals surface area contributed by atoms with Crippen molar-refractivity contribution < 1.29 is 50.8 Å². The summed E-state index contributed by atoms with van der Waals surface area (Å²) in [5.41, 5.74) is 0.440. The molecule has 35 heavy (non-hydrogen) atoms. The van der Waals surface area contributed by atoms with E-state index in [9.17, 15) is 43.5 Å². The zero-order valence-corrected chi connectivity index (χ0v) is 23.1. The van der Waals surface area contributed by atoms with Crippen LogP contribution in [0.3, 0.4) is 0 Å². The van der Waals surface area contributed by atoms with Gasteiger partial charge in [-0.25, -0.2) is 0 Å². The van der Waals surface area contributed by atoms with Crippen LogP contribution in [0.5, 0.6) is 0 Å². The minimum atomic E-state index is -6.69. The van der Waals surface area contributed by atoms with Crippen LogP contribution in [0.15, 0.2) is 54.6 Å². The Labute approximate surface area is 217 Å². The number of benzene rings is 2. The molecule has 0 N–H and O–H groups in total. The number of ether oxygens (including phenoxy) is 1. The first-order valence-electron chi connectivity index (χ1n) is 9.33. The maximum absolute atomic E-state index is 14.4. The number of alkyl halides is 9. The fourth-order valence-electron chi connectivity index (χ4n) is 2.34. The van der Waals surface area contributed by atoms with Crippen molar-refractivity contribution in [3.63, 3.8) is 0 Å². The van der Waals surface area contributed by atoms with Crippen LogP contribution >= 0.6 is 42.8 Å². The molecule has 0 saturated heterocycles. The molecule has 0 radical (unpaired) electrons. The van der Waals surface area contributed by atoms with Crippen molar-refractivity contribution in [2.45, 2.75) is 47.6 Å². The van der Waals surface area contributed by atoms with Gasteiger partial charge in [-0.15, -0.1) is 0 Å². The summed E-state index contributed by atoms with van der Waals surface area (Å²) >= 11 is -4.24. The molecule has 0 atom stereocenters. The van der Waals surface area contributed by atoms with Gasteiger partial charge < -0.3 is 0 Å². The van der Waals surface area contributed by atoms with Gasteiger partial charge in [0.25, 0.3) is 0 Å². The first-order chi connectivity index (χ1) is 15.6. The van der Waals surface area contributed by atoms with E-state index in [1.165, 1.54) is 42.5 Å². The van der Waals surface area contributed by atoms with Gasteiger partial charge in [0.1, 0.15) is 0 Å². The molecule has 0 unspecified atom stereocenters. The Balaban J connectivity index is 2.50. The summed E-state index contributed by atoms with van der Waals surface area (Å²) in [6, 6.07) is 12.9. The topological polar surface area (TPSA) is 52.6 Å². The molecule has 15 heteroatoms. The second-order valence-electron chi connectivity index (χ2n) is 7.97. The summed E-state index contributed by atoms with van der Waals surface area (Å²) in [4.78, 5) is 0. The molecule has 198 valence electrons. The molecule has 0 aliphatic carbocycles. The fourth-order valence-corrected chi connectivity index (χ4v) is 9.32. The Kier molecular flexibility index (Phi) is 8.84. The van der Waals surface area contributed by atoms with Crippen molar-refractivity contribution >= 4 is 52.9 Å². The Morgan fingerprint density at radius 2 is 1.20 bits per heavy atom. The van der Waals surface area contributed by atoms with Crippen molar-refractivity contribution in [1.29, 1.82) is 0 Å². The van der Waals surface area contributed by atoms with Crippen LogP contribution in [0.25, 0.3) is 0 Å². The Morgan fingerprint density at radius 1 is 0.743 bits per heavy atom. The van der Waals surface area contributed by atoms with Crippen molar-refractivity contribution in [3.05, 3.63) is 67.3 Å². The monoisotopic (exact) mass is 760 g/mol. The molecule has 2 rings (SSSR count). The van der Waals surface area contributed by atoms with E-state index in [0.29, 0.717) is 0 Å². The van der Waals surface area contributed by atoms with Crippen LogP contribution in [-0.4, -0.2) is 29.8 Å².